The van der Waals surface area contributed by atoms with Crippen molar-refractivity contribution in [2.75, 3.05) is 13.1 Å². The van der Waals surface area contributed by atoms with Crippen LogP contribution in [0.1, 0.15) is 31.6 Å². The number of benzene rings is 1. The minimum Gasteiger partial charge on any atom is -0.441 e. The first-order chi connectivity index (χ1) is 11.3. The largest absolute Gasteiger partial charge is 0.441 e. The van der Waals surface area contributed by atoms with Crippen molar-refractivity contribution in [2.45, 2.75) is 38.1 Å². The smallest absolute Gasteiger partial charge is 0.220 e. The highest BCUT2D eigenvalue weighted by molar-refractivity contribution is 5.85. The molecule has 5 nitrogen and oxygen atoms in total. The number of halogens is 2. The molecule has 1 unspecified atom stereocenters. The van der Waals surface area contributed by atoms with Gasteiger partial charge in [0.25, 0.3) is 0 Å². The predicted octanol–water partition coefficient (Wildman–Crippen LogP) is 3.38. The van der Waals surface area contributed by atoms with Crippen LogP contribution < -0.4 is 10.6 Å². The monoisotopic (exact) mass is 385 g/mol. The Kier molecular flexibility index (Phi) is 9.57. The van der Waals surface area contributed by atoms with Gasteiger partial charge in [-0.1, -0.05) is 30.3 Å². The molecule has 1 atom stereocenters. The fourth-order valence-electron chi connectivity index (χ4n) is 2.82. The number of aromatic nitrogens is 1. The van der Waals surface area contributed by atoms with Crippen molar-refractivity contribution in [1.82, 2.24) is 15.6 Å². The molecule has 2 heterocycles. The van der Waals surface area contributed by atoms with Crippen LogP contribution in [0.5, 0.6) is 0 Å². The zero-order chi connectivity index (χ0) is 15.9. The molecule has 0 aliphatic carbocycles. The molecule has 1 aliphatic rings. The molecule has 1 amide bonds. The van der Waals surface area contributed by atoms with Gasteiger partial charge in [-0.3, -0.25) is 4.79 Å². The van der Waals surface area contributed by atoms with Crippen molar-refractivity contribution in [3.63, 3.8) is 0 Å². The summed E-state index contributed by atoms with van der Waals surface area (Å²) in [5.74, 6) is 1.57. The Hall–Kier alpha value is -1.56. The van der Waals surface area contributed by atoms with Crippen LogP contribution >= 0.6 is 24.8 Å². The molecule has 25 heavy (non-hydrogen) atoms. The maximum atomic E-state index is 11.8. The van der Waals surface area contributed by atoms with E-state index in [0.717, 1.165) is 37.3 Å². The number of rotatable bonds is 7. The van der Waals surface area contributed by atoms with Crippen molar-refractivity contribution in [3.8, 4) is 11.3 Å². The summed E-state index contributed by atoms with van der Waals surface area (Å²) >= 11 is 0. The minimum atomic E-state index is 0. The third-order valence-electron chi connectivity index (χ3n) is 4.11. The van der Waals surface area contributed by atoms with Crippen molar-refractivity contribution < 1.29 is 9.21 Å². The second kappa shape index (κ2) is 11.1. The van der Waals surface area contributed by atoms with Crippen LogP contribution in [0.3, 0.4) is 0 Å². The zero-order valence-electron chi connectivity index (χ0n) is 14.1. The molecule has 2 aromatic rings. The van der Waals surface area contributed by atoms with Gasteiger partial charge < -0.3 is 15.1 Å². The van der Waals surface area contributed by atoms with Gasteiger partial charge in [-0.05, 0) is 25.8 Å². The van der Waals surface area contributed by atoms with E-state index in [1.165, 1.54) is 6.42 Å². The van der Waals surface area contributed by atoms with Gasteiger partial charge in [-0.2, -0.15) is 0 Å². The molecular formula is C18H25Cl2N3O2. The number of nitrogens with one attached hydrogen (secondary N) is 2. The zero-order valence-corrected chi connectivity index (χ0v) is 15.7. The Morgan fingerprint density at radius 3 is 2.80 bits per heavy atom. The number of amides is 1. The van der Waals surface area contributed by atoms with Gasteiger partial charge in [0.1, 0.15) is 0 Å². The van der Waals surface area contributed by atoms with E-state index in [2.05, 4.69) is 15.6 Å². The van der Waals surface area contributed by atoms with Crippen LogP contribution in [0, 0.1) is 0 Å². The Labute approximate surface area is 160 Å². The topological polar surface area (TPSA) is 67.2 Å². The number of aryl methyl sites for hydroxylation is 1. The second-order valence-electron chi connectivity index (χ2n) is 5.94. The fraction of sp³-hybridized carbons (Fsp3) is 0.444. The molecule has 0 bridgehead atoms. The highest BCUT2D eigenvalue weighted by atomic mass is 35.5. The third kappa shape index (κ3) is 6.69. The fourth-order valence-corrected chi connectivity index (χ4v) is 2.82. The maximum absolute atomic E-state index is 11.8. The van der Waals surface area contributed by atoms with Gasteiger partial charge in [0.15, 0.2) is 11.7 Å². The Balaban J connectivity index is 0.00000156. The van der Waals surface area contributed by atoms with Crippen molar-refractivity contribution in [3.05, 3.63) is 42.4 Å². The molecule has 1 aromatic heterocycles. The van der Waals surface area contributed by atoms with E-state index in [4.69, 9.17) is 4.42 Å². The maximum Gasteiger partial charge on any atom is 0.220 e. The number of carbonyl (C=O) groups is 1. The summed E-state index contributed by atoms with van der Waals surface area (Å²) in [5.41, 5.74) is 1.02. The first kappa shape index (κ1) is 21.5. The van der Waals surface area contributed by atoms with Crippen LogP contribution in [0.2, 0.25) is 0 Å². The van der Waals surface area contributed by atoms with Crippen LogP contribution in [0.25, 0.3) is 11.3 Å². The van der Waals surface area contributed by atoms with E-state index in [0.29, 0.717) is 24.8 Å². The first-order valence-electron chi connectivity index (χ1n) is 8.31. The van der Waals surface area contributed by atoms with Gasteiger partial charge >= 0.3 is 0 Å². The van der Waals surface area contributed by atoms with Crippen LogP contribution in [-0.2, 0) is 11.2 Å². The normalized spacial score (nSPS) is 15.9. The Morgan fingerprint density at radius 2 is 2.08 bits per heavy atom. The summed E-state index contributed by atoms with van der Waals surface area (Å²) in [7, 11) is 0. The molecule has 0 spiro atoms. The average molecular weight is 386 g/mol. The van der Waals surface area contributed by atoms with Crippen LogP contribution in [0.15, 0.2) is 40.9 Å². The van der Waals surface area contributed by atoms with Gasteiger partial charge in [0.05, 0.1) is 6.20 Å². The SMILES string of the molecule is Cl.Cl.O=C(CCCc1ncc(-c2ccccc2)o1)NCC1CCCN1. The number of hydrogen-bond donors (Lipinski definition) is 2. The quantitative estimate of drug-likeness (QED) is 0.766. The molecule has 0 saturated carbocycles. The Bertz CT molecular complexity index is 628. The second-order valence-corrected chi connectivity index (χ2v) is 5.94. The molecule has 1 fully saturated rings. The van der Waals surface area contributed by atoms with E-state index < -0.39 is 0 Å². The molecule has 0 radical (unpaired) electrons. The van der Waals surface area contributed by atoms with E-state index >= 15 is 0 Å². The lowest BCUT2D eigenvalue weighted by atomic mass is 10.2. The Morgan fingerprint density at radius 1 is 1.28 bits per heavy atom. The molecular weight excluding hydrogens is 361 g/mol. The number of oxazole rings is 1. The van der Waals surface area contributed by atoms with Crippen molar-refractivity contribution in [1.29, 1.82) is 0 Å². The summed E-state index contributed by atoms with van der Waals surface area (Å²) in [6.07, 6.45) is 6.04. The van der Waals surface area contributed by atoms with Gasteiger partial charge in [-0.25, -0.2) is 4.98 Å². The van der Waals surface area contributed by atoms with Gasteiger partial charge in [0.2, 0.25) is 5.91 Å². The summed E-state index contributed by atoms with van der Waals surface area (Å²) in [6.45, 7) is 1.80. The summed E-state index contributed by atoms with van der Waals surface area (Å²) < 4.78 is 5.74. The van der Waals surface area contributed by atoms with E-state index in [-0.39, 0.29) is 30.7 Å². The molecule has 138 valence electrons. The van der Waals surface area contributed by atoms with Gasteiger partial charge in [0, 0.05) is 31.0 Å². The highest BCUT2D eigenvalue weighted by Crippen LogP contribution is 2.20. The van der Waals surface area contributed by atoms with Crippen LogP contribution in [0.4, 0.5) is 0 Å². The lowest BCUT2D eigenvalue weighted by molar-refractivity contribution is -0.121. The molecule has 1 aromatic carbocycles. The molecule has 7 heteroatoms. The molecule has 1 aliphatic heterocycles. The van der Waals surface area contributed by atoms with E-state index in [1.54, 1.807) is 6.20 Å². The van der Waals surface area contributed by atoms with Crippen molar-refractivity contribution >= 4 is 30.7 Å². The molecule has 3 rings (SSSR count). The first-order valence-corrected chi connectivity index (χ1v) is 8.31. The van der Waals surface area contributed by atoms with Gasteiger partial charge in [-0.15, -0.1) is 24.8 Å². The standard InChI is InChI=1S/C18H23N3O2.2ClH/c22-17(20-12-15-8-5-11-19-15)9-4-10-18-21-13-16(23-18)14-6-2-1-3-7-14;;/h1-3,6-7,13,15,19H,4-5,8-12H2,(H,20,22);2*1H. The van der Waals surface area contributed by atoms with E-state index in [9.17, 15) is 4.79 Å². The van der Waals surface area contributed by atoms with Crippen LogP contribution in [-0.4, -0.2) is 30.0 Å². The predicted molar refractivity (Wildman–Crippen MR) is 103 cm³/mol. The number of nitrogens with zero attached hydrogens (tertiary/aromatic N) is 1. The molecule has 2 N–H and O–H groups in total. The highest BCUT2D eigenvalue weighted by Gasteiger charge is 2.14. The summed E-state index contributed by atoms with van der Waals surface area (Å²) in [6, 6.07) is 10.4. The third-order valence-corrected chi connectivity index (χ3v) is 4.11. The van der Waals surface area contributed by atoms with Crippen molar-refractivity contribution in [2.24, 2.45) is 0 Å². The minimum absolute atomic E-state index is 0. The average Bonchev–Trinajstić information content (AvgIpc) is 3.26. The molecule has 1 saturated heterocycles. The number of hydrogen-bond acceptors (Lipinski definition) is 4. The number of carbonyl (C=O) groups excluding carboxylic acids is 1. The lowest BCUT2D eigenvalue weighted by Gasteiger charge is -2.11. The lowest BCUT2D eigenvalue weighted by Crippen LogP contribution is -2.37. The summed E-state index contributed by atoms with van der Waals surface area (Å²) in [5, 5.41) is 6.36. The van der Waals surface area contributed by atoms with E-state index in [1.807, 2.05) is 30.3 Å². The summed E-state index contributed by atoms with van der Waals surface area (Å²) in [4.78, 5) is 16.1.